The Kier molecular flexibility index (Phi) is 12.8. The Hall–Kier alpha value is -4.88. The molecule has 1 saturated heterocycles. The predicted molar refractivity (Wildman–Crippen MR) is 221 cm³/mol. The molecule has 5 heteroatoms. The summed E-state index contributed by atoms with van der Waals surface area (Å²) in [6.45, 7) is 4.26. The summed E-state index contributed by atoms with van der Waals surface area (Å²) in [6, 6.07) is 55.1. The third-order valence-electron chi connectivity index (χ3n) is 11.2. The van der Waals surface area contributed by atoms with Crippen molar-refractivity contribution in [3.05, 3.63) is 213 Å². The minimum absolute atomic E-state index is 0.330. The fraction of sp³-hybridized carbons (Fsp3) is 0.294. The smallest absolute Gasteiger partial charge is 0.117 e. The molecule has 0 unspecified atom stereocenters. The molecule has 6 aromatic carbocycles. The predicted octanol–water partition coefficient (Wildman–Crippen LogP) is 10.4. The summed E-state index contributed by atoms with van der Waals surface area (Å²) >= 11 is 0. The van der Waals surface area contributed by atoms with Gasteiger partial charge in [-0.25, -0.2) is 0 Å². The summed E-state index contributed by atoms with van der Waals surface area (Å²) < 4.78 is 34.7. The Bertz CT molecular complexity index is 2100. The molecular formula is C51H52O5. The van der Waals surface area contributed by atoms with E-state index in [0.717, 1.165) is 40.7 Å². The number of aryl methyl sites for hydroxylation is 3. The third-order valence-corrected chi connectivity index (χ3v) is 11.2. The Balaban J connectivity index is 1.16. The van der Waals surface area contributed by atoms with Crippen LogP contribution in [0.25, 0.3) is 0 Å². The van der Waals surface area contributed by atoms with Crippen LogP contribution in [0.5, 0.6) is 0 Å². The summed E-state index contributed by atoms with van der Waals surface area (Å²) in [5, 5.41) is 0. The molecule has 0 aromatic heterocycles. The fourth-order valence-corrected chi connectivity index (χ4v) is 7.97. The first kappa shape index (κ1) is 38.0. The highest BCUT2D eigenvalue weighted by atomic mass is 16.6. The van der Waals surface area contributed by atoms with Gasteiger partial charge in [0.05, 0.1) is 33.0 Å². The molecule has 0 saturated carbocycles. The maximum absolute atomic E-state index is 7.26. The lowest BCUT2D eigenvalue weighted by atomic mass is 9.85. The second kappa shape index (κ2) is 18.8. The van der Waals surface area contributed by atoms with E-state index >= 15 is 0 Å². The van der Waals surface area contributed by atoms with Gasteiger partial charge in [-0.15, -0.1) is 0 Å². The first-order valence-electron chi connectivity index (χ1n) is 20.2. The van der Waals surface area contributed by atoms with Crippen LogP contribution >= 0.6 is 0 Å². The molecule has 5 atom stereocenters. The van der Waals surface area contributed by atoms with Crippen LogP contribution in [0.1, 0.15) is 68.7 Å². The standard InChI is InChI=1S/C51H52O5/c1-2-42-25-28-45(31-46(42)30-41-23-24-43-26-27-44(43)29-41)48-50(54-34-39-19-11-5-12-20-39)51(55-35-40-21-13-6-14-22-40)49(53-33-38-17-9-4-10-18-38)47(56-48)36-52-32-37-15-7-3-8-16-37/h3-25,28-29,31,47-51H,2,26-27,30,32-36H2,1H3/t47-,48+,49-,50+,51+/m1/s1. The van der Waals surface area contributed by atoms with E-state index in [1.807, 2.05) is 48.5 Å². The van der Waals surface area contributed by atoms with E-state index in [4.69, 9.17) is 23.7 Å². The van der Waals surface area contributed by atoms with Crippen molar-refractivity contribution in [1.82, 2.24) is 0 Å². The second-order valence-corrected chi connectivity index (χ2v) is 15.0. The molecule has 0 radical (unpaired) electrons. The Labute approximate surface area is 332 Å². The first-order chi connectivity index (χ1) is 27.7. The average molecular weight is 745 g/mol. The van der Waals surface area contributed by atoms with E-state index in [9.17, 15) is 0 Å². The molecule has 0 N–H and O–H groups in total. The highest BCUT2D eigenvalue weighted by Crippen LogP contribution is 2.40. The number of fused-ring (bicyclic) bond motifs is 1. The lowest BCUT2D eigenvalue weighted by molar-refractivity contribution is -0.275. The van der Waals surface area contributed by atoms with Gasteiger partial charge < -0.3 is 23.7 Å². The van der Waals surface area contributed by atoms with Gasteiger partial charge in [0, 0.05) is 0 Å². The zero-order chi connectivity index (χ0) is 37.9. The Morgan fingerprint density at radius 2 is 1.02 bits per heavy atom. The summed E-state index contributed by atoms with van der Waals surface area (Å²) in [5.74, 6) is 0. The van der Waals surface area contributed by atoms with Gasteiger partial charge in [-0.1, -0.05) is 165 Å². The van der Waals surface area contributed by atoms with Crippen molar-refractivity contribution in [2.45, 2.75) is 89.6 Å². The van der Waals surface area contributed by atoms with Gasteiger partial charge in [-0.05, 0) is 81.3 Å². The summed E-state index contributed by atoms with van der Waals surface area (Å²) in [6.07, 6.45) is 1.86. The van der Waals surface area contributed by atoms with Crippen LogP contribution in [0.4, 0.5) is 0 Å². The molecule has 6 aromatic rings. The zero-order valence-electron chi connectivity index (χ0n) is 32.3. The molecule has 5 nitrogen and oxygen atoms in total. The van der Waals surface area contributed by atoms with Crippen molar-refractivity contribution in [2.24, 2.45) is 0 Å². The van der Waals surface area contributed by atoms with Gasteiger partial charge in [0.2, 0.25) is 0 Å². The molecule has 0 bridgehead atoms. The average Bonchev–Trinajstić information content (AvgIpc) is 3.24. The van der Waals surface area contributed by atoms with E-state index in [1.54, 1.807) is 0 Å². The lowest BCUT2D eigenvalue weighted by Gasteiger charge is -2.46. The summed E-state index contributed by atoms with van der Waals surface area (Å²) in [7, 11) is 0. The van der Waals surface area contributed by atoms with Gasteiger partial charge >= 0.3 is 0 Å². The van der Waals surface area contributed by atoms with E-state index in [0.29, 0.717) is 33.0 Å². The normalized spacial score (nSPS) is 20.3. The topological polar surface area (TPSA) is 46.2 Å². The molecule has 0 spiro atoms. The molecule has 1 aliphatic heterocycles. The molecule has 1 aliphatic carbocycles. The van der Waals surface area contributed by atoms with Gasteiger partial charge in [0.15, 0.2) is 0 Å². The quantitative estimate of drug-likeness (QED) is 0.0931. The lowest BCUT2D eigenvalue weighted by Crippen LogP contribution is -2.58. The highest BCUT2D eigenvalue weighted by Gasteiger charge is 2.49. The molecule has 8 rings (SSSR count). The molecule has 56 heavy (non-hydrogen) atoms. The van der Waals surface area contributed by atoms with Crippen LogP contribution in [0, 0.1) is 0 Å². The maximum Gasteiger partial charge on any atom is 0.117 e. The zero-order valence-corrected chi connectivity index (χ0v) is 32.3. The monoisotopic (exact) mass is 744 g/mol. The Morgan fingerprint density at radius 1 is 0.482 bits per heavy atom. The highest BCUT2D eigenvalue weighted by molar-refractivity contribution is 5.43. The molecule has 286 valence electrons. The molecule has 2 aliphatic rings. The molecule has 1 fully saturated rings. The van der Waals surface area contributed by atoms with Crippen molar-refractivity contribution < 1.29 is 23.7 Å². The number of benzene rings is 6. The van der Waals surface area contributed by atoms with Crippen LogP contribution < -0.4 is 0 Å². The number of rotatable bonds is 17. The molecule has 1 heterocycles. The summed E-state index contributed by atoms with van der Waals surface area (Å²) in [5.41, 5.74) is 12.4. The van der Waals surface area contributed by atoms with E-state index < -0.39 is 30.5 Å². The van der Waals surface area contributed by atoms with Gasteiger partial charge in [-0.2, -0.15) is 0 Å². The van der Waals surface area contributed by atoms with Crippen LogP contribution in [-0.4, -0.2) is 31.0 Å². The van der Waals surface area contributed by atoms with Gasteiger partial charge in [-0.3, -0.25) is 0 Å². The van der Waals surface area contributed by atoms with Crippen molar-refractivity contribution in [3.8, 4) is 0 Å². The van der Waals surface area contributed by atoms with Crippen LogP contribution in [-0.2, 0) is 75.8 Å². The van der Waals surface area contributed by atoms with Gasteiger partial charge in [0.25, 0.3) is 0 Å². The third kappa shape index (κ3) is 9.55. The minimum atomic E-state index is -0.484. The van der Waals surface area contributed by atoms with Crippen LogP contribution in [0.2, 0.25) is 0 Å². The number of hydrogen-bond donors (Lipinski definition) is 0. The molecule has 0 amide bonds. The van der Waals surface area contributed by atoms with E-state index in [1.165, 1.54) is 40.7 Å². The van der Waals surface area contributed by atoms with Crippen molar-refractivity contribution >= 4 is 0 Å². The minimum Gasteiger partial charge on any atom is -0.374 e. The van der Waals surface area contributed by atoms with Crippen molar-refractivity contribution in [2.75, 3.05) is 6.61 Å². The second-order valence-electron chi connectivity index (χ2n) is 15.0. The summed E-state index contributed by atoms with van der Waals surface area (Å²) in [4.78, 5) is 0. The maximum atomic E-state index is 7.26. The number of hydrogen-bond acceptors (Lipinski definition) is 5. The largest absolute Gasteiger partial charge is 0.374 e. The number of ether oxygens (including phenoxy) is 5. The van der Waals surface area contributed by atoms with Crippen LogP contribution in [0.3, 0.4) is 0 Å². The van der Waals surface area contributed by atoms with E-state index in [-0.39, 0.29) is 0 Å². The SMILES string of the molecule is CCc1ccc([C@@H]2O[C@H](COCc3ccccc3)[C@@H](OCc3ccccc3)[C@H](OCc3ccccc3)[C@H]2OCc2ccccc2)cc1Cc1ccc2c(c1)CC2. The van der Waals surface area contributed by atoms with Crippen molar-refractivity contribution in [3.63, 3.8) is 0 Å². The van der Waals surface area contributed by atoms with Crippen LogP contribution in [0.15, 0.2) is 158 Å². The van der Waals surface area contributed by atoms with Gasteiger partial charge in [0.1, 0.15) is 30.5 Å². The fourth-order valence-electron chi connectivity index (χ4n) is 7.97. The van der Waals surface area contributed by atoms with Crippen molar-refractivity contribution in [1.29, 1.82) is 0 Å². The Morgan fingerprint density at radius 3 is 1.55 bits per heavy atom. The first-order valence-corrected chi connectivity index (χ1v) is 20.2. The van der Waals surface area contributed by atoms with E-state index in [2.05, 4.69) is 116 Å². The molecular weight excluding hydrogens is 693 g/mol.